The van der Waals surface area contributed by atoms with Gasteiger partial charge in [-0.15, -0.1) is 0 Å². The lowest BCUT2D eigenvalue weighted by molar-refractivity contribution is 0.0643. The van der Waals surface area contributed by atoms with Crippen molar-refractivity contribution in [3.63, 3.8) is 0 Å². The van der Waals surface area contributed by atoms with Crippen molar-refractivity contribution in [2.45, 2.75) is 11.8 Å². The molecule has 1 saturated heterocycles. The number of nitrogens with one attached hydrogen (secondary N) is 1. The largest absolute Gasteiger partial charge is 0.336 e. The molecule has 1 fully saturated rings. The Morgan fingerprint density at radius 2 is 1.58 bits per heavy atom. The van der Waals surface area contributed by atoms with E-state index in [1.165, 1.54) is 12.1 Å². The van der Waals surface area contributed by atoms with Crippen LogP contribution in [0.5, 0.6) is 0 Å². The summed E-state index contributed by atoms with van der Waals surface area (Å²) in [6.07, 6.45) is 0. The molecule has 26 heavy (non-hydrogen) atoms. The zero-order valence-corrected chi connectivity index (χ0v) is 15.6. The molecular formula is C19H23N3O3S. The highest BCUT2D eigenvalue weighted by atomic mass is 32.2. The third kappa shape index (κ3) is 4.23. The summed E-state index contributed by atoms with van der Waals surface area (Å²) in [4.78, 5) is 16.8. The van der Waals surface area contributed by atoms with E-state index >= 15 is 0 Å². The van der Waals surface area contributed by atoms with E-state index in [0.717, 1.165) is 19.6 Å². The first-order chi connectivity index (χ1) is 12.5. The predicted octanol–water partition coefficient (Wildman–Crippen LogP) is 2.27. The molecule has 1 amide bonds. The lowest BCUT2D eigenvalue weighted by Crippen LogP contribution is -2.48. The van der Waals surface area contributed by atoms with Gasteiger partial charge in [0.25, 0.3) is 15.9 Å². The van der Waals surface area contributed by atoms with Gasteiger partial charge in [-0.1, -0.05) is 25.1 Å². The summed E-state index contributed by atoms with van der Waals surface area (Å²) < 4.78 is 27.4. The summed E-state index contributed by atoms with van der Waals surface area (Å²) >= 11 is 0. The van der Waals surface area contributed by atoms with Crippen LogP contribution in [0.25, 0.3) is 0 Å². The van der Waals surface area contributed by atoms with Crippen molar-refractivity contribution >= 4 is 21.6 Å². The second-order valence-corrected chi connectivity index (χ2v) is 7.90. The molecule has 6 nitrogen and oxygen atoms in total. The predicted molar refractivity (Wildman–Crippen MR) is 102 cm³/mol. The number of benzene rings is 2. The lowest BCUT2D eigenvalue weighted by atomic mass is 10.2. The van der Waals surface area contributed by atoms with E-state index in [1.54, 1.807) is 36.4 Å². The number of likely N-dealkylation sites (N-methyl/N-ethyl adjacent to an activating group) is 1. The number of carbonyl (C=O) groups excluding carboxylic acids is 1. The van der Waals surface area contributed by atoms with Crippen LogP contribution >= 0.6 is 0 Å². The molecule has 1 N–H and O–H groups in total. The van der Waals surface area contributed by atoms with E-state index < -0.39 is 10.0 Å². The maximum absolute atomic E-state index is 12.6. The molecular weight excluding hydrogens is 350 g/mol. The van der Waals surface area contributed by atoms with Gasteiger partial charge in [0.15, 0.2) is 0 Å². The quantitative estimate of drug-likeness (QED) is 0.873. The summed E-state index contributed by atoms with van der Waals surface area (Å²) in [6.45, 7) is 6.24. The second kappa shape index (κ2) is 7.88. The normalized spacial score (nSPS) is 15.7. The fraction of sp³-hybridized carbons (Fsp3) is 0.316. The van der Waals surface area contributed by atoms with Crippen LogP contribution in [-0.4, -0.2) is 56.8 Å². The number of piperazine rings is 1. The van der Waals surface area contributed by atoms with Gasteiger partial charge in [-0.25, -0.2) is 8.42 Å². The Labute approximate surface area is 154 Å². The molecule has 138 valence electrons. The SMILES string of the molecule is CCN1CCN(C(=O)c2ccc(S(=O)(=O)Nc3ccccc3)cc2)CC1. The molecule has 0 unspecified atom stereocenters. The van der Waals surface area contributed by atoms with Crippen LogP contribution in [-0.2, 0) is 10.0 Å². The molecule has 0 spiro atoms. The van der Waals surface area contributed by atoms with Gasteiger partial charge in [0, 0.05) is 37.4 Å². The Bertz CT molecular complexity index is 843. The van der Waals surface area contributed by atoms with Crippen molar-refractivity contribution in [1.82, 2.24) is 9.80 Å². The van der Waals surface area contributed by atoms with Crippen LogP contribution in [0.3, 0.4) is 0 Å². The maximum Gasteiger partial charge on any atom is 0.261 e. The smallest absolute Gasteiger partial charge is 0.261 e. The topological polar surface area (TPSA) is 69.7 Å². The van der Waals surface area contributed by atoms with E-state index in [9.17, 15) is 13.2 Å². The third-order valence-electron chi connectivity index (χ3n) is 4.54. The van der Waals surface area contributed by atoms with Crippen LogP contribution in [0.4, 0.5) is 5.69 Å². The summed E-state index contributed by atoms with van der Waals surface area (Å²) in [5, 5.41) is 0. The van der Waals surface area contributed by atoms with Crippen LogP contribution in [0.1, 0.15) is 17.3 Å². The lowest BCUT2D eigenvalue weighted by Gasteiger charge is -2.34. The highest BCUT2D eigenvalue weighted by molar-refractivity contribution is 7.92. The van der Waals surface area contributed by atoms with Crippen LogP contribution in [0.2, 0.25) is 0 Å². The third-order valence-corrected chi connectivity index (χ3v) is 5.94. The average Bonchev–Trinajstić information content (AvgIpc) is 2.68. The van der Waals surface area contributed by atoms with Gasteiger partial charge in [-0.3, -0.25) is 9.52 Å². The number of hydrogen-bond donors (Lipinski definition) is 1. The van der Waals surface area contributed by atoms with E-state index in [4.69, 9.17) is 0 Å². The zero-order valence-electron chi connectivity index (χ0n) is 14.8. The van der Waals surface area contributed by atoms with Gasteiger partial charge in [0.1, 0.15) is 0 Å². The van der Waals surface area contributed by atoms with Crippen LogP contribution in [0.15, 0.2) is 59.5 Å². The molecule has 1 heterocycles. The molecule has 0 aromatic heterocycles. The van der Waals surface area contributed by atoms with Crippen molar-refractivity contribution in [2.75, 3.05) is 37.4 Å². The molecule has 0 saturated carbocycles. The molecule has 2 aromatic carbocycles. The highest BCUT2D eigenvalue weighted by Crippen LogP contribution is 2.17. The second-order valence-electron chi connectivity index (χ2n) is 6.22. The van der Waals surface area contributed by atoms with Gasteiger partial charge >= 0.3 is 0 Å². The number of nitrogens with zero attached hydrogens (tertiary/aromatic N) is 2. The van der Waals surface area contributed by atoms with Crippen molar-refractivity contribution in [3.05, 3.63) is 60.2 Å². The van der Waals surface area contributed by atoms with Gasteiger partial charge < -0.3 is 9.80 Å². The molecule has 1 aliphatic rings. The number of anilines is 1. The number of carbonyl (C=O) groups is 1. The summed E-state index contributed by atoms with van der Waals surface area (Å²) in [5.41, 5.74) is 1.01. The van der Waals surface area contributed by atoms with E-state index in [0.29, 0.717) is 24.3 Å². The standard InChI is InChI=1S/C19H23N3O3S/c1-2-21-12-14-22(15-13-21)19(23)16-8-10-18(11-9-16)26(24,25)20-17-6-4-3-5-7-17/h3-11,20H,2,12-15H2,1H3. The summed E-state index contributed by atoms with van der Waals surface area (Å²) in [5.74, 6) is -0.0549. The van der Waals surface area contributed by atoms with Crippen molar-refractivity contribution in [3.8, 4) is 0 Å². The molecule has 2 aromatic rings. The minimum absolute atomic E-state index is 0.0549. The Kier molecular flexibility index (Phi) is 5.58. The van der Waals surface area contributed by atoms with E-state index in [-0.39, 0.29) is 10.8 Å². The van der Waals surface area contributed by atoms with Crippen molar-refractivity contribution in [2.24, 2.45) is 0 Å². The van der Waals surface area contributed by atoms with E-state index in [1.807, 2.05) is 11.0 Å². The Hall–Kier alpha value is -2.38. The maximum atomic E-state index is 12.6. The van der Waals surface area contributed by atoms with E-state index in [2.05, 4.69) is 16.5 Å². The van der Waals surface area contributed by atoms with Gasteiger partial charge in [-0.05, 0) is 42.9 Å². The Morgan fingerprint density at radius 3 is 2.15 bits per heavy atom. The van der Waals surface area contributed by atoms with Gasteiger partial charge in [-0.2, -0.15) is 0 Å². The first-order valence-electron chi connectivity index (χ1n) is 8.69. The summed E-state index contributed by atoms with van der Waals surface area (Å²) in [6, 6.07) is 14.8. The molecule has 0 atom stereocenters. The van der Waals surface area contributed by atoms with Gasteiger partial charge in [0.05, 0.1) is 4.90 Å². The van der Waals surface area contributed by atoms with Crippen LogP contribution in [0, 0.1) is 0 Å². The number of para-hydroxylation sites is 1. The highest BCUT2D eigenvalue weighted by Gasteiger charge is 2.22. The first-order valence-corrected chi connectivity index (χ1v) is 10.2. The summed E-state index contributed by atoms with van der Waals surface area (Å²) in [7, 11) is -3.67. The number of hydrogen-bond acceptors (Lipinski definition) is 4. The molecule has 1 aliphatic heterocycles. The number of amides is 1. The fourth-order valence-corrected chi connectivity index (χ4v) is 4.01. The average molecular weight is 373 g/mol. The molecule has 3 rings (SSSR count). The van der Waals surface area contributed by atoms with Crippen LogP contribution < -0.4 is 4.72 Å². The Morgan fingerprint density at radius 1 is 0.962 bits per heavy atom. The van der Waals surface area contributed by atoms with Gasteiger partial charge in [0.2, 0.25) is 0 Å². The van der Waals surface area contributed by atoms with Crippen molar-refractivity contribution < 1.29 is 13.2 Å². The number of rotatable bonds is 5. The molecule has 0 aliphatic carbocycles. The minimum atomic E-state index is -3.67. The van der Waals surface area contributed by atoms with Crippen molar-refractivity contribution in [1.29, 1.82) is 0 Å². The zero-order chi connectivity index (χ0) is 18.6. The molecule has 0 radical (unpaired) electrons. The Balaban J connectivity index is 1.69. The first kappa shape index (κ1) is 18.4. The minimum Gasteiger partial charge on any atom is -0.336 e. The fourth-order valence-electron chi connectivity index (χ4n) is 2.95. The number of sulfonamides is 1. The molecule has 0 bridgehead atoms. The molecule has 7 heteroatoms. The monoisotopic (exact) mass is 373 g/mol.